The predicted octanol–water partition coefficient (Wildman–Crippen LogP) is 3.25. The molecule has 1 aliphatic rings. The number of ether oxygens (including phenoxy) is 1. The Morgan fingerprint density at radius 1 is 1.29 bits per heavy atom. The molecule has 14 heavy (non-hydrogen) atoms. The first-order valence-corrected chi connectivity index (χ1v) is 4.50. The molecule has 0 unspecified atom stereocenters. The second kappa shape index (κ2) is 3.78. The van der Waals surface area contributed by atoms with Gasteiger partial charge in [-0.3, -0.25) is 0 Å². The summed E-state index contributed by atoms with van der Waals surface area (Å²) in [6.45, 7) is -2.75. The molecule has 3 heteroatoms. The van der Waals surface area contributed by atoms with Crippen LogP contribution < -0.4 is 4.74 Å². The molecule has 1 aliphatic carbocycles. The lowest BCUT2D eigenvalue weighted by atomic mass is 9.97. The van der Waals surface area contributed by atoms with Crippen LogP contribution in [-0.2, 0) is 6.42 Å². The van der Waals surface area contributed by atoms with E-state index in [2.05, 4.69) is 4.74 Å². The van der Waals surface area contributed by atoms with Crippen LogP contribution in [0.15, 0.2) is 24.3 Å². The highest BCUT2D eigenvalue weighted by molar-refractivity contribution is 5.63. The number of alkyl halides is 2. The topological polar surface area (TPSA) is 9.23 Å². The Labute approximate surface area is 81.0 Å². The van der Waals surface area contributed by atoms with E-state index < -0.39 is 6.61 Å². The quantitative estimate of drug-likeness (QED) is 0.705. The second-order valence-electron chi connectivity index (χ2n) is 3.15. The minimum Gasteiger partial charge on any atom is -0.434 e. The van der Waals surface area contributed by atoms with Crippen LogP contribution >= 0.6 is 0 Å². The molecular formula is C11H10F2O. The molecule has 0 atom stereocenters. The van der Waals surface area contributed by atoms with Crippen molar-refractivity contribution in [3.63, 3.8) is 0 Å². The Bertz CT molecular complexity index is 358. The largest absolute Gasteiger partial charge is 0.434 e. The Morgan fingerprint density at radius 3 is 2.93 bits per heavy atom. The van der Waals surface area contributed by atoms with E-state index in [1.807, 2.05) is 18.2 Å². The number of fused-ring (bicyclic) bond motifs is 1. The molecule has 2 rings (SSSR count). The maximum absolute atomic E-state index is 12.0. The molecule has 0 amide bonds. The summed E-state index contributed by atoms with van der Waals surface area (Å²) < 4.78 is 28.5. The first kappa shape index (κ1) is 9.19. The third-order valence-electron chi connectivity index (χ3n) is 2.24. The van der Waals surface area contributed by atoms with Gasteiger partial charge in [0.05, 0.1) is 0 Å². The Hall–Kier alpha value is -1.38. The zero-order valence-electron chi connectivity index (χ0n) is 7.54. The van der Waals surface area contributed by atoms with Crippen LogP contribution in [0.5, 0.6) is 5.75 Å². The lowest BCUT2D eigenvalue weighted by Gasteiger charge is -2.14. The van der Waals surface area contributed by atoms with Gasteiger partial charge in [0.25, 0.3) is 0 Å². The van der Waals surface area contributed by atoms with Crippen LogP contribution in [0.3, 0.4) is 0 Å². The van der Waals surface area contributed by atoms with E-state index in [9.17, 15) is 8.78 Å². The fourth-order valence-electron chi connectivity index (χ4n) is 1.64. The molecule has 0 N–H and O–H groups in total. The van der Waals surface area contributed by atoms with Gasteiger partial charge in [-0.2, -0.15) is 8.78 Å². The second-order valence-corrected chi connectivity index (χ2v) is 3.15. The molecule has 0 fully saturated rings. The van der Waals surface area contributed by atoms with Gasteiger partial charge in [-0.25, -0.2) is 0 Å². The molecule has 0 saturated carbocycles. The fourth-order valence-corrected chi connectivity index (χ4v) is 1.64. The third kappa shape index (κ3) is 1.76. The molecule has 0 aliphatic heterocycles. The van der Waals surface area contributed by atoms with Crippen LogP contribution in [0.4, 0.5) is 8.78 Å². The first-order valence-electron chi connectivity index (χ1n) is 4.50. The summed E-state index contributed by atoms with van der Waals surface area (Å²) in [7, 11) is 0. The Morgan fingerprint density at radius 2 is 2.14 bits per heavy atom. The van der Waals surface area contributed by atoms with Crippen LogP contribution in [-0.4, -0.2) is 6.61 Å². The number of benzene rings is 1. The van der Waals surface area contributed by atoms with Crippen molar-refractivity contribution >= 4 is 6.08 Å². The summed E-state index contributed by atoms with van der Waals surface area (Å²) in [6, 6.07) is 5.26. The number of halogens is 2. The summed E-state index contributed by atoms with van der Waals surface area (Å²) in [4.78, 5) is 0. The minimum absolute atomic E-state index is 0.272. The highest BCUT2D eigenvalue weighted by Crippen LogP contribution is 2.29. The van der Waals surface area contributed by atoms with E-state index >= 15 is 0 Å². The summed E-state index contributed by atoms with van der Waals surface area (Å²) in [5.74, 6) is 0.272. The molecule has 0 aromatic heterocycles. The van der Waals surface area contributed by atoms with Crippen LogP contribution in [0, 0.1) is 0 Å². The number of hydrogen-bond acceptors (Lipinski definition) is 1. The van der Waals surface area contributed by atoms with Gasteiger partial charge >= 0.3 is 6.61 Å². The number of rotatable bonds is 2. The van der Waals surface area contributed by atoms with Crippen molar-refractivity contribution in [1.29, 1.82) is 0 Å². The summed E-state index contributed by atoms with van der Waals surface area (Å²) in [6.07, 6.45) is 5.68. The van der Waals surface area contributed by atoms with Crippen molar-refractivity contribution in [2.24, 2.45) is 0 Å². The minimum atomic E-state index is -2.75. The highest BCUT2D eigenvalue weighted by atomic mass is 19.3. The first-order chi connectivity index (χ1) is 6.77. The Balaban J connectivity index is 2.37. The zero-order valence-corrected chi connectivity index (χ0v) is 7.54. The smallest absolute Gasteiger partial charge is 0.387 e. The lowest BCUT2D eigenvalue weighted by molar-refractivity contribution is -0.0500. The van der Waals surface area contributed by atoms with Gasteiger partial charge in [-0.1, -0.05) is 24.3 Å². The molecule has 0 radical (unpaired) electrons. The van der Waals surface area contributed by atoms with Gasteiger partial charge in [-0.15, -0.1) is 0 Å². The summed E-state index contributed by atoms with van der Waals surface area (Å²) in [5.41, 5.74) is 1.87. The number of hydrogen-bond donors (Lipinski definition) is 0. The molecule has 1 aromatic carbocycles. The average molecular weight is 196 g/mol. The number of aryl methyl sites for hydroxylation is 1. The summed E-state index contributed by atoms with van der Waals surface area (Å²) >= 11 is 0. The van der Waals surface area contributed by atoms with Crippen molar-refractivity contribution in [3.05, 3.63) is 35.4 Å². The van der Waals surface area contributed by atoms with Crippen molar-refractivity contribution in [1.82, 2.24) is 0 Å². The predicted molar refractivity (Wildman–Crippen MR) is 50.4 cm³/mol. The maximum Gasteiger partial charge on any atom is 0.387 e. The van der Waals surface area contributed by atoms with Crippen molar-refractivity contribution < 1.29 is 13.5 Å². The van der Waals surface area contributed by atoms with Crippen LogP contribution in [0.25, 0.3) is 6.08 Å². The van der Waals surface area contributed by atoms with Gasteiger partial charge < -0.3 is 4.74 Å². The van der Waals surface area contributed by atoms with Gasteiger partial charge in [0.15, 0.2) is 0 Å². The lowest BCUT2D eigenvalue weighted by Crippen LogP contribution is -2.05. The van der Waals surface area contributed by atoms with Crippen molar-refractivity contribution in [2.45, 2.75) is 19.5 Å². The highest BCUT2D eigenvalue weighted by Gasteiger charge is 2.12. The van der Waals surface area contributed by atoms with Crippen molar-refractivity contribution in [2.75, 3.05) is 0 Å². The van der Waals surface area contributed by atoms with E-state index in [0.717, 1.165) is 24.0 Å². The Kier molecular flexibility index (Phi) is 2.48. The number of allylic oxidation sites excluding steroid dienone is 1. The monoisotopic (exact) mass is 196 g/mol. The standard InChI is InChI=1S/C11H10F2O/c12-11(13)14-10-7-3-5-8-4-1-2-6-9(8)10/h2-3,5-7,11H,1,4H2. The van der Waals surface area contributed by atoms with Crippen LogP contribution in [0.2, 0.25) is 0 Å². The van der Waals surface area contributed by atoms with Crippen molar-refractivity contribution in [3.8, 4) is 5.75 Å². The van der Waals surface area contributed by atoms with E-state index in [1.165, 1.54) is 0 Å². The van der Waals surface area contributed by atoms with E-state index in [1.54, 1.807) is 12.1 Å². The van der Waals surface area contributed by atoms with Gasteiger partial charge in [0.2, 0.25) is 0 Å². The van der Waals surface area contributed by atoms with Gasteiger partial charge in [0.1, 0.15) is 5.75 Å². The summed E-state index contributed by atoms with van der Waals surface area (Å²) in [5, 5.41) is 0. The third-order valence-corrected chi connectivity index (χ3v) is 2.24. The molecule has 0 bridgehead atoms. The molecule has 74 valence electrons. The molecule has 0 saturated heterocycles. The maximum atomic E-state index is 12.0. The molecular weight excluding hydrogens is 186 g/mol. The normalized spacial score (nSPS) is 14.2. The molecule has 1 nitrogen and oxygen atoms in total. The van der Waals surface area contributed by atoms with E-state index in [4.69, 9.17) is 0 Å². The molecule has 0 heterocycles. The average Bonchev–Trinajstić information content (AvgIpc) is 2.18. The fraction of sp³-hybridized carbons (Fsp3) is 0.273. The van der Waals surface area contributed by atoms with Crippen LogP contribution in [0.1, 0.15) is 17.5 Å². The molecule has 0 spiro atoms. The van der Waals surface area contributed by atoms with Gasteiger partial charge in [0, 0.05) is 5.56 Å². The van der Waals surface area contributed by atoms with E-state index in [-0.39, 0.29) is 5.75 Å². The van der Waals surface area contributed by atoms with Gasteiger partial charge in [-0.05, 0) is 24.5 Å². The molecule has 1 aromatic rings. The SMILES string of the molecule is FC(F)Oc1cccc2c1C=CCC2. The zero-order chi connectivity index (χ0) is 9.97. The van der Waals surface area contributed by atoms with E-state index in [0.29, 0.717) is 0 Å².